The summed E-state index contributed by atoms with van der Waals surface area (Å²) < 4.78 is 6.64. The van der Waals surface area contributed by atoms with Crippen LogP contribution in [0.4, 0.5) is 0 Å². The summed E-state index contributed by atoms with van der Waals surface area (Å²) in [6.45, 7) is 0.683. The highest BCUT2D eigenvalue weighted by molar-refractivity contribution is 7.07. The highest BCUT2D eigenvalue weighted by Crippen LogP contribution is 2.25. The van der Waals surface area contributed by atoms with Crippen LogP contribution in [0.2, 0.25) is 0 Å². The van der Waals surface area contributed by atoms with Gasteiger partial charge in [-0.05, 0) is 41.1 Å². The molecule has 22 heavy (non-hydrogen) atoms. The molecule has 0 aliphatic rings. The Morgan fingerprint density at radius 1 is 1.55 bits per heavy atom. The van der Waals surface area contributed by atoms with Gasteiger partial charge >= 0.3 is 0 Å². The van der Waals surface area contributed by atoms with Crippen molar-refractivity contribution in [2.75, 3.05) is 20.3 Å². The van der Waals surface area contributed by atoms with E-state index in [9.17, 15) is 9.90 Å². The number of methoxy groups -OCH3 is 1. The molecule has 0 fully saturated rings. The largest absolute Gasteiger partial charge is 0.479 e. The Kier molecular flexibility index (Phi) is 5.97. The quantitative estimate of drug-likeness (QED) is 0.776. The molecule has 7 heteroatoms. The first-order chi connectivity index (χ1) is 10.7. The minimum absolute atomic E-state index is 0.144. The van der Waals surface area contributed by atoms with E-state index in [1.165, 1.54) is 12.7 Å². The molecule has 120 valence electrons. The van der Waals surface area contributed by atoms with E-state index in [-0.39, 0.29) is 18.4 Å². The minimum atomic E-state index is -0.196. The Hall–Kier alpha value is -1.86. The molecule has 2 heterocycles. The van der Waals surface area contributed by atoms with Crippen LogP contribution in [-0.4, -0.2) is 41.1 Å². The lowest BCUT2D eigenvalue weighted by molar-refractivity contribution is 0.0949. The number of nitrogens with one attached hydrogen (secondary N) is 1. The average molecular weight is 323 g/mol. The molecule has 1 amide bonds. The maximum absolute atomic E-state index is 12.2. The van der Waals surface area contributed by atoms with E-state index in [0.29, 0.717) is 24.4 Å². The van der Waals surface area contributed by atoms with Crippen LogP contribution in [0.3, 0.4) is 0 Å². The smallest absolute Gasteiger partial charge is 0.258 e. The van der Waals surface area contributed by atoms with Crippen LogP contribution in [0.5, 0.6) is 5.88 Å². The van der Waals surface area contributed by atoms with Gasteiger partial charge in [-0.25, -0.2) is 0 Å². The highest BCUT2D eigenvalue weighted by atomic mass is 32.1. The van der Waals surface area contributed by atoms with E-state index in [4.69, 9.17) is 4.74 Å². The third-order valence-electron chi connectivity index (χ3n) is 3.50. The van der Waals surface area contributed by atoms with Gasteiger partial charge in [-0.1, -0.05) is 0 Å². The third-order valence-corrected chi connectivity index (χ3v) is 4.20. The van der Waals surface area contributed by atoms with Gasteiger partial charge < -0.3 is 15.2 Å². The minimum Gasteiger partial charge on any atom is -0.479 e. The Labute approximate surface area is 133 Å². The standard InChI is InChI=1S/C15H21N3O3S/c1-18-9-13(15(17-18)21-2)14(20)16-6-3-11(4-7-19)12-5-8-22-10-12/h5,8-11,19H,3-4,6-7H2,1-2H3,(H,16,20). The number of nitrogens with zero attached hydrogens (tertiary/aromatic N) is 2. The van der Waals surface area contributed by atoms with Crippen molar-refractivity contribution in [2.45, 2.75) is 18.8 Å². The second kappa shape index (κ2) is 7.95. The van der Waals surface area contributed by atoms with E-state index < -0.39 is 0 Å². The number of amides is 1. The van der Waals surface area contributed by atoms with Gasteiger partial charge in [0, 0.05) is 26.4 Å². The lowest BCUT2D eigenvalue weighted by Crippen LogP contribution is -2.26. The second-order valence-corrected chi connectivity index (χ2v) is 5.82. The summed E-state index contributed by atoms with van der Waals surface area (Å²) in [6.07, 6.45) is 3.12. The topological polar surface area (TPSA) is 76.4 Å². The lowest BCUT2D eigenvalue weighted by atomic mass is 9.95. The summed E-state index contributed by atoms with van der Waals surface area (Å²) in [5, 5.41) is 20.3. The van der Waals surface area contributed by atoms with Crippen molar-refractivity contribution in [3.63, 3.8) is 0 Å². The number of ether oxygens (including phenoxy) is 1. The Morgan fingerprint density at radius 3 is 3.00 bits per heavy atom. The molecule has 0 aromatic carbocycles. The van der Waals surface area contributed by atoms with Crippen molar-refractivity contribution in [2.24, 2.45) is 7.05 Å². The molecule has 0 bridgehead atoms. The predicted octanol–water partition coefficient (Wildman–Crippen LogP) is 1.78. The monoisotopic (exact) mass is 323 g/mol. The Bertz CT molecular complexity index is 595. The molecular formula is C15H21N3O3S. The van der Waals surface area contributed by atoms with E-state index in [1.807, 2.05) is 5.38 Å². The maximum atomic E-state index is 12.2. The van der Waals surface area contributed by atoms with Gasteiger partial charge in [-0.15, -0.1) is 5.10 Å². The van der Waals surface area contributed by atoms with Gasteiger partial charge in [0.15, 0.2) is 0 Å². The number of carbonyl (C=O) groups excluding carboxylic acids is 1. The molecule has 2 aromatic heterocycles. The first kappa shape index (κ1) is 16.5. The van der Waals surface area contributed by atoms with Crippen molar-refractivity contribution >= 4 is 17.2 Å². The molecule has 0 radical (unpaired) electrons. The molecule has 0 aliphatic heterocycles. The van der Waals surface area contributed by atoms with Crippen molar-refractivity contribution in [3.05, 3.63) is 34.2 Å². The fourth-order valence-corrected chi connectivity index (χ4v) is 3.11. The normalized spacial score (nSPS) is 12.1. The molecule has 1 atom stereocenters. The number of rotatable bonds is 8. The van der Waals surface area contributed by atoms with Crippen molar-refractivity contribution in [1.29, 1.82) is 0 Å². The first-order valence-corrected chi connectivity index (χ1v) is 8.08. The molecule has 0 aliphatic carbocycles. The number of hydrogen-bond donors (Lipinski definition) is 2. The Morgan fingerprint density at radius 2 is 2.36 bits per heavy atom. The second-order valence-electron chi connectivity index (χ2n) is 5.04. The van der Waals surface area contributed by atoms with Crippen LogP contribution in [0.1, 0.15) is 34.7 Å². The number of hydrogen-bond acceptors (Lipinski definition) is 5. The summed E-state index contributed by atoms with van der Waals surface area (Å²) in [4.78, 5) is 12.2. The molecule has 0 saturated carbocycles. The predicted molar refractivity (Wildman–Crippen MR) is 85.5 cm³/mol. The summed E-state index contributed by atoms with van der Waals surface area (Å²) in [5.41, 5.74) is 1.64. The summed E-state index contributed by atoms with van der Waals surface area (Å²) >= 11 is 1.64. The van der Waals surface area contributed by atoms with Gasteiger partial charge in [0.1, 0.15) is 5.56 Å². The van der Waals surface area contributed by atoms with Crippen LogP contribution < -0.4 is 10.1 Å². The van der Waals surface area contributed by atoms with Crippen LogP contribution >= 0.6 is 11.3 Å². The fraction of sp³-hybridized carbons (Fsp3) is 0.467. The van der Waals surface area contributed by atoms with Gasteiger partial charge in [0.05, 0.1) is 7.11 Å². The van der Waals surface area contributed by atoms with E-state index in [2.05, 4.69) is 21.9 Å². The van der Waals surface area contributed by atoms with Crippen molar-refractivity contribution in [3.8, 4) is 5.88 Å². The van der Waals surface area contributed by atoms with E-state index in [0.717, 1.165) is 6.42 Å². The molecule has 0 spiro atoms. The number of aliphatic hydroxyl groups excluding tert-OH is 1. The maximum Gasteiger partial charge on any atom is 0.258 e. The molecule has 2 N–H and O–H groups in total. The van der Waals surface area contributed by atoms with E-state index >= 15 is 0 Å². The molecular weight excluding hydrogens is 302 g/mol. The van der Waals surface area contributed by atoms with Gasteiger partial charge in [-0.3, -0.25) is 9.48 Å². The van der Waals surface area contributed by atoms with Gasteiger partial charge in [-0.2, -0.15) is 11.3 Å². The molecule has 6 nitrogen and oxygen atoms in total. The summed E-state index contributed by atoms with van der Waals surface area (Å²) in [5.74, 6) is 0.384. The van der Waals surface area contributed by atoms with Crippen molar-refractivity contribution in [1.82, 2.24) is 15.1 Å². The van der Waals surface area contributed by atoms with E-state index in [1.54, 1.807) is 29.3 Å². The lowest BCUT2D eigenvalue weighted by Gasteiger charge is -2.14. The van der Waals surface area contributed by atoms with Crippen LogP contribution in [-0.2, 0) is 7.05 Å². The molecule has 0 saturated heterocycles. The summed E-state index contributed by atoms with van der Waals surface area (Å²) in [6, 6.07) is 2.07. The van der Waals surface area contributed by atoms with Crippen LogP contribution in [0.25, 0.3) is 0 Å². The summed E-state index contributed by atoms with van der Waals surface area (Å²) in [7, 11) is 3.24. The molecule has 1 unspecified atom stereocenters. The van der Waals surface area contributed by atoms with Gasteiger partial charge in [0.2, 0.25) is 5.88 Å². The SMILES string of the molecule is COc1nn(C)cc1C(=O)NCCC(CCO)c1ccsc1. The zero-order chi connectivity index (χ0) is 15.9. The number of aryl methyl sites for hydroxylation is 1. The fourth-order valence-electron chi connectivity index (χ4n) is 2.37. The number of thiophene rings is 1. The first-order valence-electron chi connectivity index (χ1n) is 7.14. The zero-order valence-corrected chi connectivity index (χ0v) is 13.6. The molecule has 2 aromatic rings. The number of aliphatic hydroxyl groups is 1. The number of carbonyl (C=O) groups is 1. The van der Waals surface area contributed by atoms with Crippen LogP contribution in [0.15, 0.2) is 23.0 Å². The third kappa shape index (κ3) is 4.08. The zero-order valence-electron chi connectivity index (χ0n) is 12.8. The van der Waals surface area contributed by atoms with Gasteiger partial charge in [0.25, 0.3) is 5.91 Å². The van der Waals surface area contributed by atoms with Crippen molar-refractivity contribution < 1.29 is 14.6 Å². The average Bonchev–Trinajstić information content (AvgIpc) is 3.15. The van der Waals surface area contributed by atoms with Crippen LogP contribution in [0, 0.1) is 0 Å². The highest BCUT2D eigenvalue weighted by Gasteiger charge is 2.17. The number of aromatic nitrogens is 2. The Balaban J connectivity index is 1.90. The molecule has 2 rings (SSSR count).